The smallest absolute Gasteiger partial charge is 0.147 e. The average Bonchev–Trinajstić information content (AvgIpc) is 2.01. The Balaban J connectivity index is 3.07. The van der Waals surface area contributed by atoms with Crippen LogP contribution >= 0.6 is 47.8 Å². The van der Waals surface area contributed by atoms with Gasteiger partial charge in [-0.3, -0.25) is 4.79 Å². The van der Waals surface area contributed by atoms with Crippen molar-refractivity contribution in [3.05, 3.63) is 32.7 Å². The van der Waals surface area contributed by atoms with E-state index in [4.69, 9.17) is 0 Å². The number of halogens is 3. The van der Waals surface area contributed by atoms with Crippen molar-refractivity contribution in [2.45, 2.75) is 11.8 Å². The average molecular weight is 371 g/mol. The quantitative estimate of drug-likeness (QED) is 0.712. The van der Waals surface area contributed by atoms with Crippen molar-refractivity contribution >= 4 is 53.6 Å². The van der Waals surface area contributed by atoms with E-state index in [1.165, 1.54) is 0 Å². The largest absolute Gasteiger partial charge is 0.298 e. The monoisotopic (exact) mass is 368 g/mol. The second-order valence-electron chi connectivity index (χ2n) is 2.68. The molecule has 1 nitrogen and oxygen atoms in total. The van der Waals surface area contributed by atoms with Gasteiger partial charge >= 0.3 is 0 Å². The zero-order valence-electron chi connectivity index (χ0n) is 6.85. The third kappa shape index (κ3) is 3.18. The van der Waals surface area contributed by atoms with Crippen LogP contribution in [-0.4, -0.2) is 5.78 Å². The molecule has 0 N–H and O–H groups in total. The molecular weight excluding hydrogens is 364 g/mol. The molecular formula is C9H7Br3O. The first-order chi connectivity index (χ1) is 6.00. The number of hydrogen-bond donors (Lipinski definition) is 0. The number of rotatable bonds is 2. The normalized spacial score (nSPS) is 12.6. The minimum absolute atomic E-state index is 0.102. The minimum Gasteiger partial charge on any atom is -0.298 e. The molecule has 0 amide bonds. The first-order valence-corrected chi connectivity index (χ1v) is 6.11. The molecule has 0 saturated carbocycles. The number of carbonyl (C=O) groups excluding carboxylic acids is 1. The zero-order chi connectivity index (χ0) is 10.0. The third-order valence-corrected chi connectivity index (χ3v) is 3.62. The number of alkyl halides is 1. The summed E-state index contributed by atoms with van der Waals surface area (Å²) in [6.45, 7) is 1.56. The maximum absolute atomic E-state index is 11.1. The second-order valence-corrected chi connectivity index (χ2v) is 5.42. The summed E-state index contributed by atoms with van der Waals surface area (Å²) >= 11 is 10.1. The summed E-state index contributed by atoms with van der Waals surface area (Å²) in [5.41, 5.74) is 0.953. The van der Waals surface area contributed by atoms with Crippen molar-refractivity contribution in [1.29, 1.82) is 0 Å². The highest BCUT2D eigenvalue weighted by Crippen LogP contribution is 2.29. The van der Waals surface area contributed by atoms with E-state index in [1.54, 1.807) is 6.92 Å². The van der Waals surface area contributed by atoms with Gasteiger partial charge in [-0.1, -0.05) is 47.8 Å². The molecule has 70 valence electrons. The summed E-state index contributed by atoms with van der Waals surface area (Å²) in [5.74, 6) is 0.102. The number of ketones is 1. The summed E-state index contributed by atoms with van der Waals surface area (Å²) in [6.07, 6.45) is 0. The van der Waals surface area contributed by atoms with E-state index < -0.39 is 0 Å². The summed E-state index contributed by atoms with van der Waals surface area (Å²) in [4.78, 5) is 10.9. The fourth-order valence-electron chi connectivity index (χ4n) is 0.956. The van der Waals surface area contributed by atoms with Crippen LogP contribution < -0.4 is 0 Å². The fourth-order valence-corrected chi connectivity index (χ4v) is 2.55. The molecule has 0 aliphatic heterocycles. The van der Waals surface area contributed by atoms with E-state index in [0.717, 1.165) is 14.5 Å². The Kier molecular flexibility index (Phi) is 4.13. The summed E-state index contributed by atoms with van der Waals surface area (Å²) < 4.78 is 1.92. The maximum Gasteiger partial charge on any atom is 0.147 e. The molecule has 1 aromatic carbocycles. The molecule has 0 bridgehead atoms. The Morgan fingerprint density at radius 3 is 2.08 bits per heavy atom. The maximum atomic E-state index is 11.1. The molecule has 0 spiro atoms. The Morgan fingerprint density at radius 1 is 1.23 bits per heavy atom. The second kappa shape index (κ2) is 4.71. The van der Waals surface area contributed by atoms with Gasteiger partial charge in [-0.05, 0) is 30.7 Å². The molecule has 0 aromatic heterocycles. The lowest BCUT2D eigenvalue weighted by molar-refractivity contribution is -0.116. The molecule has 1 unspecified atom stereocenters. The van der Waals surface area contributed by atoms with Gasteiger partial charge in [-0.2, -0.15) is 0 Å². The summed E-state index contributed by atoms with van der Waals surface area (Å²) in [5, 5.41) is 0. The van der Waals surface area contributed by atoms with Gasteiger partial charge in [-0.15, -0.1) is 0 Å². The van der Waals surface area contributed by atoms with E-state index in [0.29, 0.717) is 0 Å². The lowest BCUT2D eigenvalue weighted by Gasteiger charge is -2.07. The molecule has 0 heterocycles. The van der Waals surface area contributed by atoms with E-state index >= 15 is 0 Å². The van der Waals surface area contributed by atoms with Crippen LogP contribution in [0.5, 0.6) is 0 Å². The Hall–Kier alpha value is 0.330. The molecule has 1 atom stereocenters. The Morgan fingerprint density at radius 2 is 1.69 bits per heavy atom. The van der Waals surface area contributed by atoms with Gasteiger partial charge in [0.1, 0.15) is 5.78 Å². The van der Waals surface area contributed by atoms with Crippen molar-refractivity contribution in [2.24, 2.45) is 0 Å². The first kappa shape index (κ1) is 11.4. The zero-order valence-corrected chi connectivity index (χ0v) is 11.6. The molecule has 1 rings (SSSR count). The number of Topliss-reactive ketones (excluding diaryl/α,β-unsaturated/α-hetero) is 1. The summed E-state index contributed by atoms with van der Waals surface area (Å²) in [6, 6.07) is 5.78. The minimum atomic E-state index is -0.221. The lowest BCUT2D eigenvalue weighted by Crippen LogP contribution is -2.00. The van der Waals surface area contributed by atoms with Gasteiger partial charge in [0.15, 0.2) is 0 Å². The van der Waals surface area contributed by atoms with Crippen molar-refractivity contribution in [2.75, 3.05) is 0 Å². The number of carbonyl (C=O) groups is 1. The van der Waals surface area contributed by atoms with Crippen molar-refractivity contribution in [1.82, 2.24) is 0 Å². The highest BCUT2D eigenvalue weighted by Gasteiger charge is 2.13. The molecule has 13 heavy (non-hydrogen) atoms. The molecule has 1 aromatic rings. The predicted molar refractivity (Wildman–Crippen MR) is 64.2 cm³/mol. The van der Waals surface area contributed by atoms with Gasteiger partial charge in [0.05, 0.1) is 4.83 Å². The third-order valence-electron chi connectivity index (χ3n) is 1.53. The van der Waals surface area contributed by atoms with E-state index in [2.05, 4.69) is 47.8 Å². The van der Waals surface area contributed by atoms with E-state index in [1.807, 2.05) is 18.2 Å². The number of hydrogen-bond acceptors (Lipinski definition) is 1. The number of benzene rings is 1. The van der Waals surface area contributed by atoms with Gasteiger partial charge < -0.3 is 0 Å². The van der Waals surface area contributed by atoms with Crippen LogP contribution in [0.15, 0.2) is 27.1 Å². The molecule has 0 aliphatic carbocycles. The van der Waals surface area contributed by atoms with Crippen LogP contribution in [0.3, 0.4) is 0 Å². The van der Waals surface area contributed by atoms with Gasteiger partial charge in [0.25, 0.3) is 0 Å². The van der Waals surface area contributed by atoms with Gasteiger partial charge in [0.2, 0.25) is 0 Å². The standard InChI is InChI=1S/C9H7Br3O/c1-5(13)9(12)6-2-7(10)4-8(11)3-6/h2-4,9H,1H3. The van der Waals surface area contributed by atoms with Crippen LogP contribution in [0.2, 0.25) is 0 Å². The van der Waals surface area contributed by atoms with Crippen molar-refractivity contribution in [3.8, 4) is 0 Å². The molecule has 0 aliphatic rings. The fraction of sp³-hybridized carbons (Fsp3) is 0.222. The topological polar surface area (TPSA) is 17.1 Å². The van der Waals surface area contributed by atoms with Crippen LogP contribution in [0.4, 0.5) is 0 Å². The van der Waals surface area contributed by atoms with Gasteiger partial charge in [0, 0.05) is 8.95 Å². The first-order valence-electron chi connectivity index (χ1n) is 3.61. The molecule has 0 saturated heterocycles. The molecule has 4 heteroatoms. The highest BCUT2D eigenvalue weighted by molar-refractivity contribution is 9.11. The van der Waals surface area contributed by atoms with Crippen molar-refractivity contribution in [3.63, 3.8) is 0 Å². The lowest BCUT2D eigenvalue weighted by atomic mass is 10.1. The summed E-state index contributed by atoms with van der Waals surface area (Å²) in [7, 11) is 0. The Bertz CT molecular complexity index is 315. The predicted octanol–water partition coefficient (Wildman–Crippen LogP) is 4.24. The van der Waals surface area contributed by atoms with E-state index in [9.17, 15) is 4.79 Å². The van der Waals surface area contributed by atoms with E-state index in [-0.39, 0.29) is 10.6 Å². The van der Waals surface area contributed by atoms with Crippen LogP contribution in [0.1, 0.15) is 17.3 Å². The Labute approximate surface area is 102 Å². The molecule has 0 fully saturated rings. The van der Waals surface area contributed by atoms with Crippen LogP contribution in [0, 0.1) is 0 Å². The van der Waals surface area contributed by atoms with Crippen LogP contribution in [0.25, 0.3) is 0 Å². The van der Waals surface area contributed by atoms with Crippen molar-refractivity contribution < 1.29 is 4.79 Å². The van der Waals surface area contributed by atoms with Gasteiger partial charge in [-0.25, -0.2) is 0 Å². The SMILES string of the molecule is CC(=O)C(Br)c1cc(Br)cc(Br)c1. The van der Waals surface area contributed by atoms with Crippen LogP contribution in [-0.2, 0) is 4.79 Å². The highest BCUT2D eigenvalue weighted by atomic mass is 79.9. The molecule has 0 radical (unpaired) electrons.